The lowest BCUT2D eigenvalue weighted by atomic mass is 9.67. The number of ether oxygens (including phenoxy) is 6. The highest BCUT2D eigenvalue weighted by Crippen LogP contribution is 2.55. The minimum Gasteiger partial charge on any atom is -0.493 e. The number of rotatable bonds is 4. The van der Waals surface area contributed by atoms with E-state index in [2.05, 4.69) is 0 Å². The van der Waals surface area contributed by atoms with E-state index in [1.54, 1.807) is 21.3 Å². The van der Waals surface area contributed by atoms with Gasteiger partial charge in [0.2, 0.25) is 12.5 Å². The molecule has 3 atom stereocenters. The summed E-state index contributed by atoms with van der Waals surface area (Å²) in [7, 11) is 4.79. The number of fused-ring (bicyclic) bond motifs is 3. The van der Waals surface area contributed by atoms with Crippen LogP contribution >= 0.6 is 0 Å². The Kier molecular flexibility index (Phi) is 4.19. The summed E-state index contributed by atoms with van der Waals surface area (Å²) in [5, 5.41) is 0. The fraction of sp³-hybridized carbons (Fsp3) is 0.409. The molecular formula is C22H22O7. The molecule has 7 heteroatoms. The zero-order chi connectivity index (χ0) is 20.1. The van der Waals surface area contributed by atoms with Crippen LogP contribution in [0.5, 0.6) is 28.7 Å². The monoisotopic (exact) mass is 398 g/mol. The number of hydrogen-bond donors (Lipinski definition) is 0. The molecule has 0 unspecified atom stereocenters. The molecule has 0 radical (unpaired) electrons. The number of carbonyl (C=O) groups is 1. The third-order valence-electron chi connectivity index (χ3n) is 6.08. The first kappa shape index (κ1) is 18.0. The molecule has 7 nitrogen and oxygen atoms in total. The zero-order valence-electron chi connectivity index (χ0n) is 16.5. The maximum atomic E-state index is 12.7. The minimum absolute atomic E-state index is 0.0910. The van der Waals surface area contributed by atoms with Gasteiger partial charge in [-0.05, 0) is 35.7 Å². The highest BCUT2D eigenvalue weighted by Gasteiger charge is 2.49. The number of benzene rings is 2. The van der Waals surface area contributed by atoms with Gasteiger partial charge in [0.15, 0.2) is 23.0 Å². The highest BCUT2D eigenvalue weighted by molar-refractivity contribution is 5.79. The molecule has 1 fully saturated rings. The summed E-state index contributed by atoms with van der Waals surface area (Å²) in [6, 6.07) is 7.79. The second kappa shape index (κ2) is 6.76. The Hall–Kier alpha value is -3.09. The summed E-state index contributed by atoms with van der Waals surface area (Å²) >= 11 is 0. The van der Waals surface area contributed by atoms with E-state index in [4.69, 9.17) is 28.4 Å². The Morgan fingerprint density at radius 2 is 1.72 bits per heavy atom. The van der Waals surface area contributed by atoms with Crippen molar-refractivity contribution in [2.45, 2.75) is 12.3 Å². The van der Waals surface area contributed by atoms with Crippen molar-refractivity contribution in [2.75, 3.05) is 34.7 Å². The Balaban J connectivity index is 1.75. The van der Waals surface area contributed by atoms with E-state index < -0.39 is 0 Å². The smallest absolute Gasteiger partial charge is 0.310 e. The van der Waals surface area contributed by atoms with Crippen molar-refractivity contribution in [3.05, 3.63) is 41.0 Å². The van der Waals surface area contributed by atoms with Crippen LogP contribution in [0.3, 0.4) is 0 Å². The quantitative estimate of drug-likeness (QED) is 0.733. The second-order valence-electron chi connectivity index (χ2n) is 7.43. The van der Waals surface area contributed by atoms with Crippen LogP contribution in [0.4, 0.5) is 0 Å². The third kappa shape index (κ3) is 2.60. The van der Waals surface area contributed by atoms with Gasteiger partial charge in [0.1, 0.15) is 0 Å². The van der Waals surface area contributed by atoms with Gasteiger partial charge in [0, 0.05) is 17.4 Å². The molecule has 0 spiro atoms. The van der Waals surface area contributed by atoms with Gasteiger partial charge in [-0.25, -0.2) is 0 Å². The lowest BCUT2D eigenvalue weighted by Crippen LogP contribution is -2.32. The van der Waals surface area contributed by atoms with Crippen LogP contribution in [0.2, 0.25) is 0 Å². The molecule has 3 aliphatic rings. The van der Waals surface area contributed by atoms with Crippen molar-refractivity contribution < 1.29 is 33.2 Å². The highest BCUT2D eigenvalue weighted by atomic mass is 16.7. The molecule has 2 aromatic rings. The summed E-state index contributed by atoms with van der Waals surface area (Å²) in [5.41, 5.74) is 2.96. The third-order valence-corrected chi connectivity index (χ3v) is 6.08. The molecule has 1 aliphatic carbocycles. The van der Waals surface area contributed by atoms with Crippen LogP contribution in [0, 0.1) is 11.8 Å². The molecule has 29 heavy (non-hydrogen) atoms. The molecule has 2 heterocycles. The van der Waals surface area contributed by atoms with Crippen LogP contribution in [0.25, 0.3) is 0 Å². The topological polar surface area (TPSA) is 72.5 Å². The molecule has 2 aliphatic heterocycles. The molecule has 0 amide bonds. The molecule has 1 saturated heterocycles. The molecule has 2 aromatic carbocycles. The first-order chi connectivity index (χ1) is 14.2. The van der Waals surface area contributed by atoms with Crippen LogP contribution in [-0.2, 0) is 16.0 Å². The molecular weight excluding hydrogens is 376 g/mol. The largest absolute Gasteiger partial charge is 0.493 e. The maximum absolute atomic E-state index is 12.7. The lowest BCUT2D eigenvalue weighted by molar-refractivity contribution is -0.141. The standard InChI is InChI=1S/C22H22O7/c1-24-16-8-12-6-13-9-27-22(23)19(13)17(18(12)21(26-3)20(16)25-2)11-4-5-14-15(7-11)29-10-28-14/h4-5,7-8,13,17,19H,6,9-10H2,1-3H3/t13-,17-,19+/m0/s1. The number of esters is 1. The number of hydrogen-bond acceptors (Lipinski definition) is 7. The number of cyclic esters (lactones) is 1. The predicted molar refractivity (Wildman–Crippen MR) is 102 cm³/mol. The van der Waals surface area contributed by atoms with Crippen LogP contribution in [0.15, 0.2) is 24.3 Å². The average molecular weight is 398 g/mol. The van der Waals surface area contributed by atoms with E-state index in [-0.39, 0.29) is 30.5 Å². The van der Waals surface area contributed by atoms with Crippen molar-refractivity contribution in [1.29, 1.82) is 0 Å². The van der Waals surface area contributed by atoms with Gasteiger partial charge in [-0.15, -0.1) is 0 Å². The minimum atomic E-state index is -0.296. The zero-order valence-corrected chi connectivity index (χ0v) is 16.5. The van der Waals surface area contributed by atoms with Crippen molar-refractivity contribution in [1.82, 2.24) is 0 Å². The van der Waals surface area contributed by atoms with Crippen molar-refractivity contribution in [3.8, 4) is 28.7 Å². The molecule has 0 bridgehead atoms. The Morgan fingerprint density at radius 3 is 2.48 bits per heavy atom. The fourth-order valence-corrected chi connectivity index (χ4v) is 4.86. The van der Waals surface area contributed by atoms with E-state index in [1.807, 2.05) is 24.3 Å². The predicted octanol–water partition coefficient (Wildman–Crippen LogP) is 2.92. The number of carbonyl (C=O) groups excluding carboxylic acids is 1. The lowest BCUT2D eigenvalue weighted by Gasteiger charge is -2.35. The van der Waals surface area contributed by atoms with Gasteiger partial charge in [-0.3, -0.25) is 4.79 Å². The summed E-state index contributed by atoms with van der Waals surface area (Å²) in [4.78, 5) is 12.7. The van der Waals surface area contributed by atoms with Crippen LogP contribution in [-0.4, -0.2) is 40.7 Å². The normalized spacial score (nSPS) is 23.8. The first-order valence-electron chi connectivity index (χ1n) is 9.54. The van der Waals surface area contributed by atoms with Gasteiger partial charge in [-0.2, -0.15) is 0 Å². The average Bonchev–Trinajstić information content (AvgIpc) is 3.36. The van der Waals surface area contributed by atoms with Crippen LogP contribution < -0.4 is 23.7 Å². The van der Waals surface area contributed by atoms with Crippen LogP contribution in [0.1, 0.15) is 22.6 Å². The SMILES string of the molecule is COc1cc2c(c(OC)c1OC)[C@H](c1ccc3c(c1)OCO3)[C@@H]1C(=O)OC[C@@H]1C2. The Labute approximate surface area is 168 Å². The van der Waals surface area contributed by atoms with Gasteiger partial charge in [0.05, 0.1) is 33.9 Å². The van der Waals surface area contributed by atoms with E-state index in [9.17, 15) is 4.79 Å². The number of methoxy groups -OCH3 is 3. The Bertz CT molecular complexity index is 984. The van der Waals surface area contributed by atoms with Crippen molar-refractivity contribution >= 4 is 5.97 Å². The van der Waals surface area contributed by atoms with Gasteiger partial charge in [0.25, 0.3) is 0 Å². The van der Waals surface area contributed by atoms with Gasteiger partial charge in [-0.1, -0.05) is 6.07 Å². The van der Waals surface area contributed by atoms with E-state index >= 15 is 0 Å². The molecule has 0 N–H and O–H groups in total. The van der Waals surface area contributed by atoms with Gasteiger partial charge >= 0.3 is 5.97 Å². The maximum Gasteiger partial charge on any atom is 0.310 e. The van der Waals surface area contributed by atoms with E-state index in [0.717, 1.165) is 16.7 Å². The second-order valence-corrected chi connectivity index (χ2v) is 7.43. The molecule has 0 aromatic heterocycles. The summed E-state index contributed by atoms with van der Waals surface area (Å²) in [6.07, 6.45) is 0.712. The summed E-state index contributed by atoms with van der Waals surface area (Å²) in [6.45, 7) is 0.614. The van der Waals surface area contributed by atoms with Crippen molar-refractivity contribution in [3.63, 3.8) is 0 Å². The van der Waals surface area contributed by atoms with E-state index in [0.29, 0.717) is 41.8 Å². The Morgan fingerprint density at radius 1 is 0.931 bits per heavy atom. The van der Waals surface area contributed by atoms with Crippen molar-refractivity contribution in [2.24, 2.45) is 11.8 Å². The molecule has 0 saturated carbocycles. The summed E-state index contributed by atoms with van der Waals surface area (Å²) in [5.74, 6) is 2.46. The summed E-state index contributed by atoms with van der Waals surface area (Å²) < 4.78 is 33.4. The first-order valence-corrected chi connectivity index (χ1v) is 9.54. The van der Waals surface area contributed by atoms with E-state index in [1.165, 1.54) is 0 Å². The van der Waals surface area contributed by atoms with Gasteiger partial charge < -0.3 is 28.4 Å². The molecule has 5 rings (SSSR count). The fourth-order valence-electron chi connectivity index (χ4n) is 4.86. The molecule has 152 valence electrons.